The molecule has 0 amide bonds. The molecule has 0 saturated carbocycles. The van der Waals surface area contributed by atoms with Crippen LogP contribution in [0.2, 0.25) is 5.02 Å². The molecule has 0 radical (unpaired) electrons. The molecule has 2 aromatic carbocycles. The van der Waals surface area contributed by atoms with E-state index >= 15 is 0 Å². The van der Waals surface area contributed by atoms with Gasteiger partial charge in [0.2, 0.25) is 5.89 Å². The molecule has 0 aliphatic heterocycles. The third kappa shape index (κ3) is 4.76. The van der Waals surface area contributed by atoms with Gasteiger partial charge in [-0.3, -0.25) is 0 Å². The van der Waals surface area contributed by atoms with Gasteiger partial charge in [0.15, 0.2) is 6.61 Å². The summed E-state index contributed by atoms with van der Waals surface area (Å²) in [5, 5.41) is 12.9. The molecule has 0 fully saturated rings. The summed E-state index contributed by atoms with van der Waals surface area (Å²) in [6.07, 6.45) is 2.94. The van der Waals surface area contributed by atoms with Crippen molar-refractivity contribution in [2.75, 3.05) is 0 Å². The number of carbonyl (C=O) groups is 1. The van der Waals surface area contributed by atoms with Crippen molar-refractivity contribution >= 4 is 23.6 Å². The highest BCUT2D eigenvalue weighted by Gasteiger charge is 2.13. The molecular formula is C23H18ClFN4O3. The van der Waals surface area contributed by atoms with Crippen LogP contribution in [-0.4, -0.2) is 25.9 Å². The van der Waals surface area contributed by atoms with Gasteiger partial charge >= 0.3 is 5.97 Å². The number of aromatic nitrogens is 4. The fraction of sp³-hybridized carbons (Fsp3) is 0.130. The summed E-state index contributed by atoms with van der Waals surface area (Å²) >= 11 is 5.87. The Bertz CT molecular complexity index is 1280. The zero-order chi connectivity index (χ0) is 22.7. The highest BCUT2D eigenvalue weighted by atomic mass is 35.5. The first-order valence-electron chi connectivity index (χ1n) is 9.66. The van der Waals surface area contributed by atoms with E-state index in [-0.39, 0.29) is 18.3 Å². The normalized spacial score (nSPS) is 11.2. The lowest BCUT2D eigenvalue weighted by Crippen LogP contribution is -2.01. The second-order valence-corrected chi connectivity index (χ2v) is 7.36. The second kappa shape index (κ2) is 9.15. The predicted octanol–water partition coefficient (Wildman–Crippen LogP) is 5.09. The summed E-state index contributed by atoms with van der Waals surface area (Å²) in [6.45, 7) is 3.54. The molecule has 0 N–H and O–H groups in total. The van der Waals surface area contributed by atoms with Crippen LogP contribution >= 0.6 is 11.6 Å². The van der Waals surface area contributed by atoms with E-state index in [0.29, 0.717) is 16.5 Å². The number of nitrogens with zero attached hydrogens (tertiary/aromatic N) is 4. The number of hydrogen-bond acceptors (Lipinski definition) is 6. The highest BCUT2D eigenvalue weighted by molar-refractivity contribution is 6.30. The molecule has 2 aromatic heterocycles. The Hall–Kier alpha value is -3.78. The van der Waals surface area contributed by atoms with Gasteiger partial charge in [-0.1, -0.05) is 11.6 Å². The first kappa shape index (κ1) is 21.5. The first-order valence-corrected chi connectivity index (χ1v) is 10.0. The zero-order valence-corrected chi connectivity index (χ0v) is 18.0. The number of esters is 1. The molecule has 9 heteroatoms. The highest BCUT2D eigenvalue weighted by Crippen LogP contribution is 2.21. The summed E-state index contributed by atoms with van der Waals surface area (Å²) in [5.41, 5.74) is 3.74. The van der Waals surface area contributed by atoms with E-state index in [4.69, 9.17) is 20.8 Å². The van der Waals surface area contributed by atoms with Gasteiger partial charge in [0.25, 0.3) is 5.89 Å². The van der Waals surface area contributed by atoms with E-state index < -0.39 is 5.97 Å². The minimum atomic E-state index is -0.565. The number of hydrogen-bond donors (Lipinski definition) is 0. The average molecular weight is 453 g/mol. The average Bonchev–Trinajstić information content (AvgIpc) is 3.36. The van der Waals surface area contributed by atoms with Crippen molar-refractivity contribution in [3.8, 4) is 17.1 Å². The van der Waals surface area contributed by atoms with Gasteiger partial charge in [-0.2, -0.15) is 5.10 Å². The number of ether oxygens (including phenoxy) is 1. The Morgan fingerprint density at radius 3 is 2.56 bits per heavy atom. The van der Waals surface area contributed by atoms with Gasteiger partial charge in [-0.25, -0.2) is 13.9 Å². The molecule has 4 aromatic rings. The fourth-order valence-electron chi connectivity index (χ4n) is 3.08. The van der Waals surface area contributed by atoms with Crippen LogP contribution in [-0.2, 0) is 16.1 Å². The standard InChI is InChI=1S/C23H18ClFN4O3/c1-14-20(15(2)29(28-14)19-9-7-18(25)8-10-19)11-12-22(30)31-13-21-26-27-23(32-21)16-3-5-17(24)6-4-16/h3-12H,13H2,1-2H3. The molecule has 0 spiro atoms. The Morgan fingerprint density at radius 2 is 1.84 bits per heavy atom. The van der Waals surface area contributed by atoms with Crippen LogP contribution in [0.1, 0.15) is 22.8 Å². The van der Waals surface area contributed by atoms with Crippen LogP contribution in [0, 0.1) is 19.7 Å². The molecule has 0 aliphatic rings. The third-order valence-electron chi connectivity index (χ3n) is 4.70. The topological polar surface area (TPSA) is 83.0 Å². The number of benzene rings is 2. The summed E-state index contributed by atoms with van der Waals surface area (Å²) in [7, 11) is 0. The van der Waals surface area contributed by atoms with E-state index in [1.54, 1.807) is 47.2 Å². The Kier molecular flexibility index (Phi) is 6.13. The maximum atomic E-state index is 13.2. The van der Waals surface area contributed by atoms with Crippen LogP contribution in [0.15, 0.2) is 59.0 Å². The van der Waals surface area contributed by atoms with E-state index in [0.717, 1.165) is 22.6 Å². The molecule has 4 rings (SSSR count). The van der Waals surface area contributed by atoms with Crippen LogP contribution in [0.4, 0.5) is 4.39 Å². The van der Waals surface area contributed by atoms with Crippen molar-refractivity contribution in [2.45, 2.75) is 20.5 Å². The van der Waals surface area contributed by atoms with E-state index in [1.165, 1.54) is 18.2 Å². The number of halogens is 2. The van der Waals surface area contributed by atoms with Crippen LogP contribution in [0.3, 0.4) is 0 Å². The smallest absolute Gasteiger partial charge is 0.331 e. The maximum Gasteiger partial charge on any atom is 0.331 e. The number of rotatable bonds is 6. The van der Waals surface area contributed by atoms with Gasteiger partial charge in [0.1, 0.15) is 5.82 Å². The SMILES string of the molecule is Cc1nn(-c2ccc(F)cc2)c(C)c1C=CC(=O)OCc1nnc(-c2ccc(Cl)cc2)o1. The lowest BCUT2D eigenvalue weighted by Gasteiger charge is -2.04. The Labute approximate surface area is 188 Å². The van der Waals surface area contributed by atoms with E-state index in [1.807, 2.05) is 13.8 Å². The predicted molar refractivity (Wildman–Crippen MR) is 117 cm³/mol. The molecule has 0 atom stereocenters. The third-order valence-corrected chi connectivity index (χ3v) is 4.95. The molecule has 2 heterocycles. The van der Waals surface area contributed by atoms with Gasteiger partial charge in [0, 0.05) is 27.9 Å². The van der Waals surface area contributed by atoms with Gasteiger partial charge in [-0.15, -0.1) is 10.2 Å². The van der Waals surface area contributed by atoms with E-state index in [2.05, 4.69) is 15.3 Å². The minimum absolute atomic E-state index is 0.156. The van der Waals surface area contributed by atoms with Crippen LogP contribution in [0.25, 0.3) is 23.2 Å². The largest absolute Gasteiger partial charge is 0.452 e. The van der Waals surface area contributed by atoms with Crippen molar-refractivity contribution in [2.24, 2.45) is 0 Å². The number of carbonyl (C=O) groups excluding carboxylic acids is 1. The van der Waals surface area contributed by atoms with E-state index in [9.17, 15) is 9.18 Å². The van der Waals surface area contributed by atoms with Gasteiger partial charge in [0.05, 0.1) is 11.4 Å². The maximum absolute atomic E-state index is 13.2. The molecule has 0 bridgehead atoms. The van der Waals surface area contributed by atoms with Crippen LogP contribution < -0.4 is 0 Å². The second-order valence-electron chi connectivity index (χ2n) is 6.92. The zero-order valence-electron chi connectivity index (χ0n) is 17.3. The van der Waals surface area contributed by atoms with Crippen molar-refractivity contribution in [1.82, 2.24) is 20.0 Å². The van der Waals surface area contributed by atoms with Gasteiger partial charge < -0.3 is 9.15 Å². The molecule has 0 saturated heterocycles. The fourth-order valence-corrected chi connectivity index (χ4v) is 3.21. The Morgan fingerprint density at radius 1 is 1.12 bits per heavy atom. The lowest BCUT2D eigenvalue weighted by atomic mass is 10.2. The van der Waals surface area contributed by atoms with Crippen molar-refractivity contribution in [1.29, 1.82) is 0 Å². The van der Waals surface area contributed by atoms with Crippen molar-refractivity contribution in [3.05, 3.63) is 88.3 Å². The van der Waals surface area contributed by atoms with Crippen LogP contribution in [0.5, 0.6) is 0 Å². The molecule has 0 aliphatic carbocycles. The summed E-state index contributed by atoms with van der Waals surface area (Å²) in [5.74, 6) is -0.403. The molecule has 7 nitrogen and oxygen atoms in total. The van der Waals surface area contributed by atoms with Crippen molar-refractivity contribution in [3.63, 3.8) is 0 Å². The summed E-state index contributed by atoms with van der Waals surface area (Å²) < 4.78 is 25.6. The molecule has 162 valence electrons. The molecule has 0 unspecified atom stereocenters. The minimum Gasteiger partial charge on any atom is -0.452 e. The first-order chi connectivity index (χ1) is 15.4. The quantitative estimate of drug-likeness (QED) is 0.299. The molecule has 32 heavy (non-hydrogen) atoms. The van der Waals surface area contributed by atoms with Gasteiger partial charge in [-0.05, 0) is 68.5 Å². The summed E-state index contributed by atoms with van der Waals surface area (Å²) in [4.78, 5) is 12.2. The van der Waals surface area contributed by atoms with Crippen molar-refractivity contribution < 1.29 is 18.3 Å². The monoisotopic (exact) mass is 452 g/mol. The molecular weight excluding hydrogens is 435 g/mol. The number of aryl methyl sites for hydroxylation is 1. The lowest BCUT2D eigenvalue weighted by molar-refractivity contribution is -0.139. The Balaban J connectivity index is 1.40. The summed E-state index contributed by atoms with van der Waals surface area (Å²) in [6, 6.07) is 13.0.